The zero-order valence-electron chi connectivity index (χ0n) is 20.5. The molecule has 3 aliphatic carbocycles. The van der Waals surface area contributed by atoms with Gasteiger partial charge in [-0.05, 0) is 67.1 Å². The van der Waals surface area contributed by atoms with E-state index >= 15 is 0 Å². The van der Waals surface area contributed by atoms with E-state index in [2.05, 4.69) is 0 Å². The molecule has 0 bridgehead atoms. The number of hydrogen-bond donors (Lipinski definition) is 3. The van der Waals surface area contributed by atoms with E-state index in [4.69, 9.17) is 0 Å². The number of benzene rings is 2. The molecule has 1 fully saturated rings. The first-order valence-corrected chi connectivity index (χ1v) is 12.5. The van der Waals surface area contributed by atoms with Crippen molar-refractivity contribution in [2.75, 3.05) is 4.90 Å². The summed E-state index contributed by atoms with van der Waals surface area (Å²) in [4.78, 5) is 55.0. The van der Waals surface area contributed by atoms with Crippen LogP contribution in [0.5, 0.6) is 5.75 Å². The molecule has 3 N–H and O–H groups in total. The van der Waals surface area contributed by atoms with Crippen LogP contribution in [0.2, 0.25) is 0 Å². The molecule has 8 nitrogen and oxygen atoms in total. The molecular formula is C29H24BNO7. The number of ketones is 2. The van der Waals surface area contributed by atoms with E-state index in [1.807, 2.05) is 6.08 Å². The molecule has 0 spiro atoms. The predicted molar refractivity (Wildman–Crippen MR) is 138 cm³/mol. The second-order valence-corrected chi connectivity index (χ2v) is 10.3. The summed E-state index contributed by atoms with van der Waals surface area (Å²) in [5.74, 6) is -3.78. The van der Waals surface area contributed by atoms with Gasteiger partial charge in [-0.25, -0.2) is 0 Å². The number of nitrogens with zero attached hydrogens (tertiary/aromatic N) is 1. The van der Waals surface area contributed by atoms with Crippen LogP contribution >= 0.6 is 0 Å². The number of hydrogen-bond acceptors (Lipinski definition) is 7. The zero-order chi connectivity index (χ0) is 26.9. The summed E-state index contributed by atoms with van der Waals surface area (Å²) in [7, 11) is -1.75. The number of anilines is 1. The number of carbonyl (C=O) groups is 4. The topological polar surface area (TPSA) is 132 Å². The summed E-state index contributed by atoms with van der Waals surface area (Å²) in [6, 6.07) is 12.6. The van der Waals surface area contributed by atoms with Gasteiger partial charge < -0.3 is 15.2 Å². The van der Waals surface area contributed by atoms with Crippen LogP contribution in [0.25, 0.3) is 0 Å². The van der Waals surface area contributed by atoms with Crippen molar-refractivity contribution in [3.05, 3.63) is 88.5 Å². The zero-order valence-corrected chi connectivity index (χ0v) is 20.5. The van der Waals surface area contributed by atoms with Crippen LogP contribution in [-0.4, -0.2) is 45.7 Å². The Labute approximate surface area is 218 Å². The Bertz CT molecular complexity index is 1530. The van der Waals surface area contributed by atoms with Crippen molar-refractivity contribution in [1.82, 2.24) is 0 Å². The standard InChI is InChI=1S/C29H24BNO7/c1-14-10-23(33)22-13-21-19(24(26(22)27(14)34)15-4-2-7-18(32)11-15)8-9-20-25(21)29(36)31(28(20)35)17-6-3-5-16(12-17)30(37)38/h2-8,10-12,20-21,24-25,32,37-38H,9,13H2,1H3/t20-,21+,24-,25-/m0/s1. The third-order valence-corrected chi connectivity index (χ3v) is 8.19. The lowest BCUT2D eigenvalue weighted by Crippen LogP contribution is -2.40. The fourth-order valence-electron chi connectivity index (χ4n) is 6.52. The van der Waals surface area contributed by atoms with Gasteiger partial charge in [0.2, 0.25) is 11.8 Å². The van der Waals surface area contributed by atoms with E-state index in [0.29, 0.717) is 22.3 Å². The van der Waals surface area contributed by atoms with Crippen molar-refractivity contribution in [3.63, 3.8) is 0 Å². The molecular weight excluding hydrogens is 485 g/mol. The number of aromatic hydroxyl groups is 1. The van der Waals surface area contributed by atoms with Gasteiger partial charge in [0.15, 0.2) is 11.6 Å². The van der Waals surface area contributed by atoms with Crippen molar-refractivity contribution in [1.29, 1.82) is 0 Å². The first-order valence-electron chi connectivity index (χ1n) is 12.5. The molecule has 38 heavy (non-hydrogen) atoms. The lowest BCUT2D eigenvalue weighted by Gasteiger charge is -2.42. The molecule has 1 saturated heterocycles. The Morgan fingerprint density at radius 1 is 0.947 bits per heavy atom. The number of fused-ring (bicyclic) bond motifs is 3. The van der Waals surface area contributed by atoms with Crippen LogP contribution in [0.4, 0.5) is 5.69 Å². The SMILES string of the molecule is CC1=CC(=O)C2=C(C1=O)[C@@H](c1cccc(O)c1)C1=CC[C@@H]3C(=O)N(c4cccc(B(O)O)c4)C(=O)[C@@H]3[C@@H]1C2. The Balaban J connectivity index is 1.47. The highest BCUT2D eigenvalue weighted by Gasteiger charge is 2.56. The maximum Gasteiger partial charge on any atom is 0.488 e. The lowest BCUT2D eigenvalue weighted by atomic mass is 9.59. The molecule has 0 radical (unpaired) electrons. The van der Waals surface area contributed by atoms with Crippen LogP contribution < -0.4 is 10.4 Å². The van der Waals surface area contributed by atoms with E-state index < -0.39 is 36.7 Å². The molecule has 2 amide bonds. The number of imide groups is 1. The molecule has 1 heterocycles. The highest BCUT2D eigenvalue weighted by molar-refractivity contribution is 6.58. The third-order valence-electron chi connectivity index (χ3n) is 8.19. The molecule has 0 saturated carbocycles. The second kappa shape index (κ2) is 8.75. The normalized spacial score (nSPS) is 26.6. The van der Waals surface area contributed by atoms with Crippen LogP contribution in [0.3, 0.4) is 0 Å². The number of phenolic OH excluding ortho intramolecular Hbond substituents is 1. The minimum atomic E-state index is -1.75. The lowest BCUT2D eigenvalue weighted by molar-refractivity contribution is -0.123. The van der Waals surface area contributed by atoms with Gasteiger partial charge in [0.25, 0.3) is 0 Å². The van der Waals surface area contributed by atoms with E-state index in [1.165, 1.54) is 24.3 Å². The highest BCUT2D eigenvalue weighted by Crippen LogP contribution is 2.55. The minimum absolute atomic E-state index is 0.0205. The molecule has 1 aliphatic heterocycles. The Hall–Kier alpha value is -4.08. The minimum Gasteiger partial charge on any atom is -0.508 e. The summed E-state index contributed by atoms with van der Waals surface area (Å²) >= 11 is 0. The number of Topliss-reactive ketones (excluding diaryl/α,β-unsaturated/α-hetero) is 1. The maximum atomic E-state index is 13.9. The van der Waals surface area contributed by atoms with Crippen molar-refractivity contribution < 1.29 is 34.3 Å². The number of carbonyl (C=O) groups excluding carboxylic acids is 4. The molecule has 0 aromatic heterocycles. The van der Waals surface area contributed by atoms with E-state index in [9.17, 15) is 34.3 Å². The van der Waals surface area contributed by atoms with Crippen LogP contribution in [-0.2, 0) is 19.2 Å². The van der Waals surface area contributed by atoms with Gasteiger partial charge in [-0.15, -0.1) is 0 Å². The maximum absolute atomic E-state index is 13.9. The van der Waals surface area contributed by atoms with Gasteiger partial charge in [0, 0.05) is 22.6 Å². The number of rotatable bonds is 3. The Morgan fingerprint density at radius 3 is 2.45 bits per heavy atom. The summed E-state index contributed by atoms with van der Waals surface area (Å²) in [5, 5.41) is 29.4. The van der Waals surface area contributed by atoms with Crippen molar-refractivity contribution >= 4 is 41.6 Å². The molecule has 9 heteroatoms. The quantitative estimate of drug-likeness (QED) is 0.248. The summed E-state index contributed by atoms with van der Waals surface area (Å²) in [5.41, 5.74) is 2.91. The molecule has 6 rings (SSSR count). The van der Waals surface area contributed by atoms with Crippen molar-refractivity contribution in [2.45, 2.75) is 25.7 Å². The first-order chi connectivity index (χ1) is 18.2. The van der Waals surface area contributed by atoms with Gasteiger partial charge in [-0.3, -0.25) is 24.1 Å². The third kappa shape index (κ3) is 3.54. The fraction of sp³-hybridized carbons (Fsp3) is 0.241. The average Bonchev–Trinajstić information content (AvgIpc) is 3.15. The van der Waals surface area contributed by atoms with E-state index in [0.717, 1.165) is 10.5 Å². The van der Waals surface area contributed by atoms with Crippen LogP contribution in [0.1, 0.15) is 31.2 Å². The van der Waals surface area contributed by atoms with Gasteiger partial charge in [0.1, 0.15) is 5.75 Å². The summed E-state index contributed by atoms with van der Waals surface area (Å²) < 4.78 is 0. The number of amides is 2. The fourth-order valence-corrected chi connectivity index (χ4v) is 6.52. The van der Waals surface area contributed by atoms with Gasteiger partial charge >= 0.3 is 7.12 Å². The Kier molecular flexibility index (Phi) is 5.59. The van der Waals surface area contributed by atoms with E-state index in [-0.39, 0.29) is 47.2 Å². The first kappa shape index (κ1) is 24.3. The smallest absolute Gasteiger partial charge is 0.488 e. The highest BCUT2D eigenvalue weighted by atomic mass is 16.4. The molecule has 2 aromatic carbocycles. The van der Waals surface area contributed by atoms with Crippen LogP contribution in [0, 0.1) is 17.8 Å². The summed E-state index contributed by atoms with van der Waals surface area (Å²) in [6.45, 7) is 1.61. The molecule has 190 valence electrons. The molecule has 2 aromatic rings. The second-order valence-electron chi connectivity index (χ2n) is 10.3. The van der Waals surface area contributed by atoms with Crippen LogP contribution in [0.15, 0.2) is 83.0 Å². The number of phenols is 1. The summed E-state index contributed by atoms with van der Waals surface area (Å²) in [6.07, 6.45) is 3.69. The molecule has 4 aliphatic rings. The molecule has 4 atom stereocenters. The van der Waals surface area contributed by atoms with Gasteiger partial charge in [-0.2, -0.15) is 0 Å². The molecule has 0 unspecified atom stereocenters. The predicted octanol–water partition coefficient (Wildman–Crippen LogP) is 1.71. The monoisotopic (exact) mass is 509 g/mol. The largest absolute Gasteiger partial charge is 0.508 e. The van der Waals surface area contributed by atoms with Crippen molar-refractivity contribution in [2.24, 2.45) is 17.8 Å². The van der Waals surface area contributed by atoms with Gasteiger partial charge in [-0.1, -0.05) is 35.9 Å². The van der Waals surface area contributed by atoms with E-state index in [1.54, 1.807) is 37.3 Å². The average molecular weight is 509 g/mol. The van der Waals surface area contributed by atoms with Gasteiger partial charge in [0.05, 0.1) is 17.5 Å². The number of allylic oxidation sites excluding steroid dienone is 6. The van der Waals surface area contributed by atoms with Crippen molar-refractivity contribution in [3.8, 4) is 5.75 Å². The Morgan fingerprint density at radius 2 is 1.71 bits per heavy atom.